The standard InChI is InChI=1S/C14H10ClFN2O2S/c1-9-6-11(16)3-5-13(9)18-21(19,20)14-7-10(8-17)2-4-12(14)15/h2-7,18H,1H3. The van der Waals surface area contributed by atoms with E-state index in [1.54, 1.807) is 6.92 Å². The summed E-state index contributed by atoms with van der Waals surface area (Å²) in [6, 6.07) is 9.48. The van der Waals surface area contributed by atoms with Gasteiger partial charge in [-0.25, -0.2) is 12.8 Å². The zero-order chi connectivity index (χ0) is 15.6. The molecule has 21 heavy (non-hydrogen) atoms. The number of hydrogen-bond acceptors (Lipinski definition) is 3. The van der Waals surface area contributed by atoms with Crippen LogP contribution in [0.25, 0.3) is 0 Å². The predicted molar refractivity (Wildman–Crippen MR) is 78.1 cm³/mol. The molecule has 0 aliphatic rings. The lowest BCUT2D eigenvalue weighted by Gasteiger charge is -2.12. The minimum atomic E-state index is -3.97. The van der Waals surface area contributed by atoms with E-state index in [4.69, 9.17) is 16.9 Å². The Labute approximate surface area is 126 Å². The Bertz CT molecular complexity index is 845. The summed E-state index contributed by atoms with van der Waals surface area (Å²) in [4.78, 5) is -0.202. The van der Waals surface area contributed by atoms with E-state index in [-0.39, 0.29) is 21.2 Å². The van der Waals surface area contributed by atoms with Gasteiger partial charge in [0.15, 0.2) is 0 Å². The van der Waals surface area contributed by atoms with E-state index < -0.39 is 15.8 Å². The third kappa shape index (κ3) is 3.32. The molecule has 0 aliphatic carbocycles. The first kappa shape index (κ1) is 15.3. The fourth-order valence-corrected chi connectivity index (χ4v) is 3.38. The van der Waals surface area contributed by atoms with Crippen molar-refractivity contribution in [2.75, 3.05) is 4.72 Å². The molecule has 0 bridgehead atoms. The van der Waals surface area contributed by atoms with Gasteiger partial charge in [-0.2, -0.15) is 5.26 Å². The highest BCUT2D eigenvalue weighted by molar-refractivity contribution is 7.92. The van der Waals surface area contributed by atoms with Crippen LogP contribution in [0.1, 0.15) is 11.1 Å². The minimum Gasteiger partial charge on any atom is -0.279 e. The van der Waals surface area contributed by atoms with Crippen molar-refractivity contribution in [1.82, 2.24) is 0 Å². The van der Waals surface area contributed by atoms with Gasteiger partial charge in [-0.15, -0.1) is 0 Å². The molecule has 0 aliphatic heterocycles. The molecule has 0 saturated heterocycles. The molecular weight excluding hydrogens is 315 g/mol. The van der Waals surface area contributed by atoms with Crippen LogP contribution in [0.3, 0.4) is 0 Å². The van der Waals surface area contributed by atoms with Crippen LogP contribution in [0.15, 0.2) is 41.3 Å². The number of nitrogens with zero attached hydrogens (tertiary/aromatic N) is 1. The predicted octanol–water partition coefficient (Wildman–Crippen LogP) is 3.46. The molecule has 2 aromatic rings. The van der Waals surface area contributed by atoms with Crippen LogP contribution in [0, 0.1) is 24.1 Å². The van der Waals surface area contributed by atoms with Gasteiger partial charge in [-0.1, -0.05) is 11.6 Å². The molecule has 0 unspecified atom stereocenters. The zero-order valence-electron chi connectivity index (χ0n) is 10.9. The summed E-state index contributed by atoms with van der Waals surface area (Å²) in [6.07, 6.45) is 0. The van der Waals surface area contributed by atoms with Gasteiger partial charge in [0.25, 0.3) is 10.0 Å². The molecule has 0 spiro atoms. The van der Waals surface area contributed by atoms with E-state index in [0.29, 0.717) is 5.56 Å². The molecule has 1 N–H and O–H groups in total. The van der Waals surface area contributed by atoms with Gasteiger partial charge in [0.1, 0.15) is 10.7 Å². The molecule has 0 fully saturated rings. The van der Waals surface area contributed by atoms with Crippen molar-refractivity contribution in [3.8, 4) is 6.07 Å². The Hall–Kier alpha value is -2.10. The maximum absolute atomic E-state index is 13.0. The van der Waals surface area contributed by atoms with E-state index in [0.717, 1.165) is 6.07 Å². The van der Waals surface area contributed by atoms with Crippen LogP contribution in [0.2, 0.25) is 5.02 Å². The third-order valence-corrected chi connectivity index (χ3v) is 4.63. The lowest BCUT2D eigenvalue weighted by Crippen LogP contribution is -2.14. The van der Waals surface area contributed by atoms with E-state index >= 15 is 0 Å². The topological polar surface area (TPSA) is 70.0 Å². The van der Waals surface area contributed by atoms with Gasteiger partial charge in [0.05, 0.1) is 22.3 Å². The number of halogens is 2. The number of sulfonamides is 1. The normalized spacial score (nSPS) is 11.0. The van der Waals surface area contributed by atoms with Gasteiger partial charge in [-0.05, 0) is 48.9 Å². The summed E-state index contributed by atoms with van der Waals surface area (Å²) in [7, 11) is -3.97. The third-order valence-electron chi connectivity index (χ3n) is 2.78. The lowest BCUT2D eigenvalue weighted by molar-refractivity contribution is 0.601. The van der Waals surface area contributed by atoms with Crippen LogP contribution in [0.4, 0.5) is 10.1 Å². The monoisotopic (exact) mass is 324 g/mol. The smallest absolute Gasteiger partial charge is 0.263 e. The Kier molecular flexibility index (Phi) is 4.16. The lowest BCUT2D eigenvalue weighted by atomic mass is 10.2. The quantitative estimate of drug-likeness (QED) is 0.940. The molecule has 4 nitrogen and oxygen atoms in total. The second kappa shape index (κ2) is 5.72. The molecule has 0 atom stereocenters. The summed E-state index contributed by atoms with van der Waals surface area (Å²) in [5.74, 6) is -0.458. The van der Waals surface area contributed by atoms with Crippen LogP contribution in [-0.2, 0) is 10.0 Å². The Morgan fingerprint density at radius 1 is 1.24 bits per heavy atom. The number of rotatable bonds is 3. The van der Waals surface area contributed by atoms with Gasteiger partial charge in [0, 0.05) is 0 Å². The molecule has 0 amide bonds. The highest BCUT2D eigenvalue weighted by Crippen LogP contribution is 2.26. The summed E-state index contributed by atoms with van der Waals surface area (Å²) >= 11 is 5.88. The Morgan fingerprint density at radius 3 is 2.57 bits per heavy atom. The SMILES string of the molecule is Cc1cc(F)ccc1NS(=O)(=O)c1cc(C#N)ccc1Cl. The van der Waals surface area contributed by atoms with Crippen LogP contribution in [0.5, 0.6) is 0 Å². The van der Waals surface area contributed by atoms with Crippen LogP contribution >= 0.6 is 11.6 Å². The van der Waals surface area contributed by atoms with E-state index in [1.807, 2.05) is 6.07 Å². The van der Waals surface area contributed by atoms with Crippen molar-refractivity contribution in [3.05, 3.63) is 58.4 Å². The van der Waals surface area contributed by atoms with Crippen molar-refractivity contribution in [3.63, 3.8) is 0 Å². The average molecular weight is 325 g/mol. The number of anilines is 1. The second-order valence-electron chi connectivity index (χ2n) is 4.32. The number of nitrogens with one attached hydrogen (secondary N) is 1. The average Bonchev–Trinajstić information content (AvgIpc) is 2.42. The van der Waals surface area contributed by atoms with E-state index in [2.05, 4.69) is 4.72 Å². The summed E-state index contributed by atoms with van der Waals surface area (Å²) < 4.78 is 40.0. The molecule has 0 heterocycles. The molecular formula is C14H10ClFN2O2S. The van der Waals surface area contributed by atoms with Crippen LogP contribution in [-0.4, -0.2) is 8.42 Å². The van der Waals surface area contributed by atoms with Crippen molar-refractivity contribution >= 4 is 27.3 Å². The summed E-state index contributed by atoms with van der Waals surface area (Å²) in [5, 5.41) is 8.83. The maximum atomic E-state index is 13.0. The molecule has 0 radical (unpaired) electrons. The number of benzene rings is 2. The second-order valence-corrected chi connectivity index (χ2v) is 6.38. The molecule has 2 aromatic carbocycles. The minimum absolute atomic E-state index is 0.00117. The molecule has 0 aromatic heterocycles. The maximum Gasteiger partial charge on any atom is 0.263 e. The largest absolute Gasteiger partial charge is 0.279 e. The first-order valence-corrected chi connectivity index (χ1v) is 7.68. The van der Waals surface area contributed by atoms with Gasteiger partial charge in [0.2, 0.25) is 0 Å². The molecule has 7 heteroatoms. The van der Waals surface area contributed by atoms with Crippen molar-refractivity contribution in [2.45, 2.75) is 11.8 Å². The van der Waals surface area contributed by atoms with Gasteiger partial charge < -0.3 is 0 Å². The van der Waals surface area contributed by atoms with Crippen molar-refractivity contribution < 1.29 is 12.8 Å². The van der Waals surface area contributed by atoms with Crippen LogP contribution < -0.4 is 4.72 Å². The first-order valence-electron chi connectivity index (χ1n) is 5.82. The zero-order valence-corrected chi connectivity index (χ0v) is 12.5. The Morgan fingerprint density at radius 2 is 1.95 bits per heavy atom. The highest BCUT2D eigenvalue weighted by atomic mass is 35.5. The fraction of sp³-hybridized carbons (Fsp3) is 0.0714. The highest BCUT2D eigenvalue weighted by Gasteiger charge is 2.19. The molecule has 0 saturated carbocycles. The fourth-order valence-electron chi connectivity index (χ4n) is 1.72. The van der Waals surface area contributed by atoms with Gasteiger partial charge >= 0.3 is 0 Å². The molecule has 2 rings (SSSR count). The van der Waals surface area contributed by atoms with E-state index in [1.165, 1.54) is 30.3 Å². The first-order chi connectivity index (χ1) is 9.83. The van der Waals surface area contributed by atoms with Crippen molar-refractivity contribution in [1.29, 1.82) is 5.26 Å². The Balaban J connectivity index is 2.46. The summed E-state index contributed by atoms with van der Waals surface area (Å²) in [5.41, 5.74) is 0.858. The summed E-state index contributed by atoms with van der Waals surface area (Å²) in [6.45, 7) is 1.58. The molecule has 108 valence electrons. The van der Waals surface area contributed by atoms with E-state index in [9.17, 15) is 12.8 Å². The van der Waals surface area contributed by atoms with Crippen molar-refractivity contribution in [2.24, 2.45) is 0 Å². The number of aryl methyl sites for hydroxylation is 1. The number of nitriles is 1. The number of hydrogen-bond donors (Lipinski definition) is 1. The van der Waals surface area contributed by atoms with Gasteiger partial charge in [-0.3, -0.25) is 4.72 Å².